The molecule has 6 nitrogen and oxygen atoms in total. The van der Waals surface area contributed by atoms with Gasteiger partial charge in [-0.3, -0.25) is 9.20 Å². The first-order valence-electron chi connectivity index (χ1n) is 8.71. The molecular weight excluding hydrogens is 370 g/mol. The van der Waals surface area contributed by atoms with Crippen LogP contribution in [-0.4, -0.2) is 25.1 Å². The van der Waals surface area contributed by atoms with E-state index in [9.17, 15) is 4.79 Å². The van der Waals surface area contributed by atoms with Crippen molar-refractivity contribution in [2.75, 3.05) is 5.32 Å². The van der Waals surface area contributed by atoms with E-state index in [4.69, 9.17) is 0 Å². The lowest BCUT2D eigenvalue weighted by Gasteiger charge is -2.10. The molecule has 2 aromatic carbocycles. The summed E-state index contributed by atoms with van der Waals surface area (Å²) in [6.07, 6.45) is 7.49. The first kappa shape index (κ1) is 16.5. The average molecular weight is 385 g/mol. The van der Waals surface area contributed by atoms with Crippen molar-refractivity contribution in [3.63, 3.8) is 0 Å². The molecule has 0 bridgehead atoms. The topological polar surface area (TPSA) is 64.2 Å². The van der Waals surface area contributed by atoms with Gasteiger partial charge in [-0.05, 0) is 30.3 Å². The van der Waals surface area contributed by atoms with Crippen molar-refractivity contribution in [2.24, 2.45) is 0 Å². The maximum absolute atomic E-state index is 12.9. The van der Waals surface area contributed by atoms with Gasteiger partial charge in [0.05, 0.1) is 17.1 Å². The molecule has 0 saturated heterocycles. The minimum atomic E-state index is -0.178. The summed E-state index contributed by atoms with van der Waals surface area (Å²) in [4.78, 5) is 18.4. The maximum Gasteiger partial charge on any atom is 0.255 e. The molecule has 0 unspecified atom stereocenters. The van der Waals surface area contributed by atoms with Crippen molar-refractivity contribution in [3.8, 4) is 16.9 Å². The molecule has 28 heavy (non-hydrogen) atoms. The number of hydrogen-bond donors (Lipinski definition) is 1. The van der Waals surface area contributed by atoms with Crippen LogP contribution in [0.1, 0.15) is 10.4 Å². The van der Waals surface area contributed by atoms with Crippen LogP contribution in [0.4, 0.5) is 5.69 Å². The van der Waals surface area contributed by atoms with E-state index in [0.717, 1.165) is 27.6 Å². The monoisotopic (exact) mass is 385 g/mol. The molecule has 0 aliphatic heterocycles. The number of aromatic nitrogens is 4. The van der Waals surface area contributed by atoms with Crippen LogP contribution in [0.5, 0.6) is 0 Å². The summed E-state index contributed by atoms with van der Waals surface area (Å²) in [7, 11) is 0. The van der Waals surface area contributed by atoms with E-state index < -0.39 is 0 Å². The Bertz CT molecular complexity index is 1240. The Morgan fingerprint density at radius 3 is 2.82 bits per heavy atom. The highest BCUT2D eigenvalue weighted by molar-refractivity contribution is 7.15. The summed E-state index contributed by atoms with van der Waals surface area (Å²) in [6, 6.07) is 16.9. The lowest BCUT2D eigenvalue weighted by atomic mass is 10.1. The third-order valence-corrected chi connectivity index (χ3v) is 5.19. The van der Waals surface area contributed by atoms with Gasteiger partial charge in [0.15, 0.2) is 4.96 Å². The van der Waals surface area contributed by atoms with Gasteiger partial charge >= 0.3 is 0 Å². The number of nitrogens with zero attached hydrogens (tertiary/aromatic N) is 4. The molecule has 0 aliphatic carbocycles. The van der Waals surface area contributed by atoms with Crippen LogP contribution in [0.25, 0.3) is 21.9 Å². The summed E-state index contributed by atoms with van der Waals surface area (Å²) >= 11 is 1.58. The molecule has 7 heteroatoms. The van der Waals surface area contributed by atoms with Crippen molar-refractivity contribution in [1.82, 2.24) is 19.2 Å². The van der Waals surface area contributed by atoms with Gasteiger partial charge in [0, 0.05) is 41.3 Å². The first-order valence-corrected chi connectivity index (χ1v) is 9.59. The Morgan fingerprint density at radius 2 is 1.96 bits per heavy atom. The molecule has 0 fully saturated rings. The van der Waals surface area contributed by atoms with E-state index in [0.29, 0.717) is 5.56 Å². The molecule has 3 heterocycles. The van der Waals surface area contributed by atoms with E-state index in [-0.39, 0.29) is 5.91 Å². The minimum absolute atomic E-state index is 0.178. The first-order chi connectivity index (χ1) is 13.8. The fourth-order valence-corrected chi connectivity index (χ4v) is 3.78. The highest BCUT2D eigenvalue weighted by atomic mass is 32.1. The van der Waals surface area contributed by atoms with E-state index in [1.54, 1.807) is 28.3 Å². The molecule has 0 spiro atoms. The van der Waals surface area contributed by atoms with Crippen molar-refractivity contribution in [2.45, 2.75) is 0 Å². The molecular formula is C21H15N5OS. The lowest BCUT2D eigenvalue weighted by Crippen LogP contribution is -2.13. The van der Waals surface area contributed by atoms with Crippen LogP contribution < -0.4 is 5.32 Å². The number of rotatable bonds is 4. The SMILES string of the molecule is O=C(Nc1ccccc1-c1cn2ccsc2n1)c1cccc(-n2cccn2)c1. The van der Waals surface area contributed by atoms with Crippen molar-refractivity contribution in [3.05, 3.63) is 90.3 Å². The second kappa shape index (κ2) is 6.79. The van der Waals surface area contributed by atoms with Crippen LogP contribution in [0, 0.1) is 0 Å². The summed E-state index contributed by atoms with van der Waals surface area (Å²) in [6.45, 7) is 0. The lowest BCUT2D eigenvalue weighted by molar-refractivity contribution is 0.102. The zero-order chi connectivity index (χ0) is 18.9. The molecule has 1 amide bonds. The third kappa shape index (κ3) is 2.97. The number of thiazole rings is 1. The van der Waals surface area contributed by atoms with E-state index >= 15 is 0 Å². The zero-order valence-corrected chi connectivity index (χ0v) is 15.5. The predicted molar refractivity (Wildman–Crippen MR) is 110 cm³/mol. The molecule has 0 aliphatic rings. The van der Waals surface area contributed by atoms with E-state index in [1.165, 1.54) is 0 Å². The highest BCUT2D eigenvalue weighted by Gasteiger charge is 2.13. The van der Waals surface area contributed by atoms with Gasteiger partial charge in [-0.2, -0.15) is 5.10 Å². The number of carbonyl (C=O) groups is 1. The molecule has 5 rings (SSSR count). The van der Waals surface area contributed by atoms with Gasteiger partial charge in [-0.25, -0.2) is 9.67 Å². The molecule has 0 radical (unpaired) electrons. The number of amides is 1. The number of para-hydroxylation sites is 1. The number of hydrogen-bond acceptors (Lipinski definition) is 4. The van der Waals surface area contributed by atoms with Crippen LogP contribution in [-0.2, 0) is 0 Å². The average Bonchev–Trinajstić information content (AvgIpc) is 3.46. The Labute approximate surface area is 164 Å². The fraction of sp³-hybridized carbons (Fsp3) is 0. The largest absolute Gasteiger partial charge is 0.321 e. The predicted octanol–water partition coefficient (Wildman–Crippen LogP) is 4.50. The van der Waals surface area contributed by atoms with Gasteiger partial charge in [-0.1, -0.05) is 24.3 Å². The van der Waals surface area contributed by atoms with E-state index in [2.05, 4.69) is 15.4 Å². The van der Waals surface area contributed by atoms with Gasteiger partial charge in [0.25, 0.3) is 5.91 Å². The highest BCUT2D eigenvalue weighted by Crippen LogP contribution is 2.29. The fourth-order valence-electron chi connectivity index (χ4n) is 3.08. The number of anilines is 1. The summed E-state index contributed by atoms with van der Waals surface area (Å²) in [5, 5.41) is 9.23. The second-order valence-corrected chi connectivity index (χ2v) is 7.09. The number of imidazole rings is 1. The number of carbonyl (C=O) groups excluding carboxylic acids is 1. The quantitative estimate of drug-likeness (QED) is 0.495. The third-order valence-electron chi connectivity index (χ3n) is 4.42. The Kier molecular flexibility index (Phi) is 3.99. The van der Waals surface area contributed by atoms with Crippen LogP contribution in [0.15, 0.2) is 84.8 Å². The maximum atomic E-state index is 12.9. The van der Waals surface area contributed by atoms with Crippen LogP contribution >= 0.6 is 11.3 Å². The zero-order valence-electron chi connectivity index (χ0n) is 14.7. The van der Waals surface area contributed by atoms with Crippen LogP contribution in [0.3, 0.4) is 0 Å². The molecule has 3 aromatic heterocycles. The molecule has 5 aromatic rings. The summed E-state index contributed by atoms with van der Waals surface area (Å²) in [5.74, 6) is -0.178. The summed E-state index contributed by atoms with van der Waals surface area (Å²) < 4.78 is 3.70. The number of benzene rings is 2. The second-order valence-electron chi connectivity index (χ2n) is 6.22. The smallest absolute Gasteiger partial charge is 0.255 e. The van der Waals surface area contributed by atoms with Crippen molar-refractivity contribution >= 4 is 27.9 Å². The normalized spacial score (nSPS) is 11.0. The van der Waals surface area contributed by atoms with Crippen molar-refractivity contribution < 1.29 is 4.79 Å². The molecule has 0 saturated carbocycles. The van der Waals surface area contributed by atoms with Gasteiger partial charge in [-0.15, -0.1) is 11.3 Å². The molecule has 0 atom stereocenters. The Balaban J connectivity index is 1.46. The van der Waals surface area contributed by atoms with Crippen molar-refractivity contribution in [1.29, 1.82) is 0 Å². The van der Waals surface area contributed by atoms with Gasteiger partial charge < -0.3 is 5.32 Å². The van der Waals surface area contributed by atoms with Gasteiger partial charge in [0.1, 0.15) is 0 Å². The molecule has 1 N–H and O–H groups in total. The minimum Gasteiger partial charge on any atom is -0.321 e. The summed E-state index contributed by atoms with van der Waals surface area (Å²) in [5.41, 5.74) is 3.83. The standard InChI is InChI=1S/C21H15N5OS/c27-20(15-5-3-6-16(13-15)26-10-4-9-22-26)23-18-8-2-1-7-17(18)19-14-25-11-12-28-21(25)24-19/h1-14H,(H,23,27). The Morgan fingerprint density at radius 1 is 1.04 bits per heavy atom. The van der Waals surface area contributed by atoms with E-state index in [1.807, 2.05) is 76.9 Å². The van der Waals surface area contributed by atoms with Gasteiger partial charge in [0.2, 0.25) is 0 Å². The van der Waals surface area contributed by atoms with Crippen LogP contribution in [0.2, 0.25) is 0 Å². The Hall–Kier alpha value is -3.71. The number of fused-ring (bicyclic) bond motifs is 1. The number of nitrogens with one attached hydrogen (secondary N) is 1. The molecule has 136 valence electrons.